The molecule has 17 heavy (non-hydrogen) atoms. The van der Waals surface area contributed by atoms with E-state index in [0.717, 1.165) is 25.9 Å². The lowest BCUT2D eigenvalue weighted by Gasteiger charge is -2.30. The van der Waals surface area contributed by atoms with Crippen LogP contribution in [0.1, 0.15) is 26.2 Å². The topological polar surface area (TPSA) is 21.3 Å². The van der Waals surface area contributed by atoms with Gasteiger partial charge in [0.1, 0.15) is 0 Å². The van der Waals surface area contributed by atoms with Gasteiger partial charge in [-0.05, 0) is 43.7 Å². The first-order valence-electron chi connectivity index (χ1n) is 6.34. The molecule has 0 saturated carbocycles. The summed E-state index contributed by atoms with van der Waals surface area (Å²) in [4.78, 5) is 1.31. The largest absolute Gasteiger partial charge is 0.382 e. The third-order valence-corrected chi connectivity index (χ3v) is 3.99. The van der Waals surface area contributed by atoms with Gasteiger partial charge in [0.25, 0.3) is 0 Å². The van der Waals surface area contributed by atoms with Crippen LogP contribution in [0.4, 0.5) is 5.69 Å². The molecule has 0 aromatic heterocycles. The summed E-state index contributed by atoms with van der Waals surface area (Å²) in [5, 5.41) is 3.63. The average Bonchev–Trinajstić information content (AvgIpc) is 2.39. The fourth-order valence-electron chi connectivity index (χ4n) is 2.24. The molecular formula is C14H21NOS. The quantitative estimate of drug-likeness (QED) is 0.823. The van der Waals surface area contributed by atoms with Crippen molar-refractivity contribution >= 4 is 17.4 Å². The van der Waals surface area contributed by atoms with Gasteiger partial charge in [0.05, 0.1) is 6.10 Å². The van der Waals surface area contributed by atoms with Crippen LogP contribution < -0.4 is 5.32 Å². The Morgan fingerprint density at radius 2 is 2.35 bits per heavy atom. The van der Waals surface area contributed by atoms with Crippen LogP contribution in [0.2, 0.25) is 0 Å². The summed E-state index contributed by atoms with van der Waals surface area (Å²) in [6.07, 6.45) is 5.90. The van der Waals surface area contributed by atoms with E-state index in [-0.39, 0.29) is 0 Å². The number of benzene rings is 1. The lowest BCUT2D eigenvalue weighted by Crippen LogP contribution is -2.33. The molecule has 2 atom stereocenters. The Morgan fingerprint density at radius 1 is 1.47 bits per heavy atom. The highest BCUT2D eigenvalue weighted by molar-refractivity contribution is 7.98. The van der Waals surface area contributed by atoms with Gasteiger partial charge in [-0.25, -0.2) is 0 Å². The minimum Gasteiger partial charge on any atom is -0.382 e. The summed E-state index contributed by atoms with van der Waals surface area (Å²) in [6.45, 7) is 3.08. The van der Waals surface area contributed by atoms with Crippen molar-refractivity contribution in [3.63, 3.8) is 0 Å². The van der Waals surface area contributed by atoms with Crippen LogP contribution in [0.5, 0.6) is 0 Å². The van der Waals surface area contributed by atoms with Crippen molar-refractivity contribution in [1.82, 2.24) is 0 Å². The van der Waals surface area contributed by atoms with Gasteiger partial charge in [0.2, 0.25) is 0 Å². The molecule has 2 nitrogen and oxygen atoms in total. The van der Waals surface area contributed by atoms with Crippen LogP contribution in [0.15, 0.2) is 29.2 Å². The van der Waals surface area contributed by atoms with Crippen molar-refractivity contribution < 1.29 is 4.74 Å². The predicted molar refractivity (Wildman–Crippen MR) is 74.9 cm³/mol. The first kappa shape index (κ1) is 12.8. The Morgan fingerprint density at radius 3 is 3.12 bits per heavy atom. The van der Waals surface area contributed by atoms with Gasteiger partial charge >= 0.3 is 0 Å². The highest BCUT2D eigenvalue weighted by atomic mass is 32.2. The second-order valence-corrected chi connectivity index (χ2v) is 5.38. The number of rotatable bonds is 4. The fourth-order valence-corrected chi connectivity index (χ4v) is 2.70. The molecule has 1 N–H and O–H groups in total. The molecule has 3 heteroatoms. The molecule has 94 valence electrons. The van der Waals surface area contributed by atoms with Crippen LogP contribution in [-0.2, 0) is 4.74 Å². The van der Waals surface area contributed by atoms with E-state index in [2.05, 4.69) is 42.8 Å². The molecule has 1 heterocycles. The molecule has 0 radical (unpaired) electrons. The van der Waals surface area contributed by atoms with Crippen LogP contribution in [-0.4, -0.2) is 25.0 Å². The molecule has 0 spiro atoms. The molecular weight excluding hydrogens is 230 g/mol. The van der Waals surface area contributed by atoms with Gasteiger partial charge < -0.3 is 10.1 Å². The Labute approximate surface area is 108 Å². The van der Waals surface area contributed by atoms with Gasteiger partial charge in [0, 0.05) is 23.2 Å². The third-order valence-electron chi connectivity index (χ3n) is 3.26. The SMILES string of the molecule is CCC1CC(Nc2cccc(SC)c2)CCO1. The van der Waals surface area contributed by atoms with Crippen LogP contribution in [0.25, 0.3) is 0 Å². The minimum atomic E-state index is 0.435. The van der Waals surface area contributed by atoms with Gasteiger partial charge in [0.15, 0.2) is 0 Å². The molecule has 1 saturated heterocycles. The zero-order chi connectivity index (χ0) is 12.1. The van der Waals surface area contributed by atoms with E-state index >= 15 is 0 Å². The minimum absolute atomic E-state index is 0.435. The van der Waals surface area contributed by atoms with Crippen LogP contribution in [0, 0.1) is 0 Å². The van der Waals surface area contributed by atoms with E-state index in [1.165, 1.54) is 10.6 Å². The number of hydrogen-bond acceptors (Lipinski definition) is 3. The fraction of sp³-hybridized carbons (Fsp3) is 0.571. The Balaban J connectivity index is 1.95. The normalized spacial score (nSPS) is 24.6. The number of anilines is 1. The molecule has 1 aromatic rings. The number of nitrogens with one attached hydrogen (secondary N) is 1. The van der Waals surface area contributed by atoms with E-state index < -0.39 is 0 Å². The van der Waals surface area contributed by atoms with Crippen molar-refractivity contribution in [3.8, 4) is 0 Å². The standard InChI is InChI=1S/C14H21NOS/c1-3-13-9-12(7-8-16-13)15-11-5-4-6-14(10-11)17-2/h4-6,10,12-13,15H,3,7-9H2,1-2H3. The van der Waals surface area contributed by atoms with Crippen LogP contribution in [0.3, 0.4) is 0 Å². The highest BCUT2D eigenvalue weighted by Gasteiger charge is 2.20. The summed E-state index contributed by atoms with van der Waals surface area (Å²) in [5.74, 6) is 0. The van der Waals surface area contributed by atoms with E-state index in [4.69, 9.17) is 4.74 Å². The van der Waals surface area contributed by atoms with Gasteiger partial charge in [-0.1, -0.05) is 13.0 Å². The van der Waals surface area contributed by atoms with Crippen LogP contribution >= 0.6 is 11.8 Å². The molecule has 2 rings (SSSR count). The van der Waals surface area contributed by atoms with Crippen molar-refractivity contribution in [3.05, 3.63) is 24.3 Å². The molecule has 2 unspecified atom stereocenters. The summed E-state index contributed by atoms with van der Waals surface area (Å²) in [6, 6.07) is 9.20. The number of ether oxygens (including phenoxy) is 1. The Kier molecular flexibility index (Phi) is 4.75. The summed E-state index contributed by atoms with van der Waals surface area (Å²) in [5.41, 5.74) is 1.23. The summed E-state index contributed by atoms with van der Waals surface area (Å²) < 4.78 is 5.70. The lowest BCUT2D eigenvalue weighted by molar-refractivity contribution is 0.00925. The van der Waals surface area contributed by atoms with Gasteiger partial charge in [-0.3, -0.25) is 0 Å². The zero-order valence-electron chi connectivity index (χ0n) is 10.6. The van der Waals surface area contributed by atoms with E-state index in [0.29, 0.717) is 12.1 Å². The second-order valence-electron chi connectivity index (χ2n) is 4.50. The highest BCUT2D eigenvalue weighted by Crippen LogP contribution is 2.23. The third kappa shape index (κ3) is 3.65. The summed E-state index contributed by atoms with van der Waals surface area (Å²) >= 11 is 1.79. The smallest absolute Gasteiger partial charge is 0.0592 e. The molecule has 1 aliphatic rings. The predicted octanol–water partition coefficient (Wildman–Crippen LogP) is 3.78. The Hall–Kier alpha value is -0.670. The van der Waals surface area contributed by atoms with Crippen molar-refractivity contribution in [2.75, 3.05) is 18.2 Å². The molecule has 1 aliphatic heterocycles. The maximum absolute atomic E-state index is 5.70. The maximum Gasteiger partial charge on any atom is 0.0592 e. The maximum atomic E-state index is 5.70. The monoisotopic (exact) mass is 251 g/mol. The van der Waals surface area contributed by atoms with E-state index in [1.54, 1.807) is 11.8 Å². The van der Waals surface area contributed by atoms with Crippen molar-refractivity contribution in [2.45, 2.75) is 43.2 Å². The first-order chi connectivity index (χ1) is 8.31. The summed E-state index contributed by atoms with van der Waals surface area (Å²) in [7, 11) is 0. The number of thioether (sulfide) groups is 1. The Bertz CT molecular complexity index is 356. The molecule has 1 aromatic carbocycles. The molecule has 0 bridgehead atoms. The van der Waals surface area contributed by atoms with Crippen molar-refractivity contribution in [2.24, 2.45) is 0 Å². The van der Waals surface area contributed by atoms with Gasteiger partial charge in [-0.15, -0.1) is 11.8 Å². The molecule has 0 aliphatic carbocycles. The van der Waals surface area contributed by atoms with E-state index in [9.17, 15) is 0 Å². The second kappa shape index (κ2) is 6.31. The van der Waals surface area contributed by atoms with Gasteiger partial charge in [-0.2, -0.15) is 0 Å². The molecule has 0 amide bonds. The number of hydrogen-bond donors (Lipinski definition) is 1. The average molecular weight is 251 g/mol. The zero-order valence-corrected chi connectivity index (χ0v) is 11.4. The van der Waals surface area contributed by atoms with E-state index in [1.807, 2.05) is 0 Å². The first-order valence-corrected chi connectivity index (χ1v) is 7.56. The molecule has 1 fully saturated rings. The lowest BCUT2D eigenvalue weighted by atomic mass is 10.0. The van der Waals surface area contributed by atoms with Crippen molar-refractivity contribution in [1.29, 1.82) is 0 Å².